The number of β-amino-alcohol motifs (C(OH)–C–C–N with tert-alkyl or cyclic N) is 1. The Labute approximate surface area is 103 Å². The van der Waals surface area contributed by atoms with E-state index in [0.717, 1.165) is 65.0 Å². The van der Waals surface area contributed by atoms with Crippen molar-refractivity contribution in [3.63, 3.8) is 0 Å². The normalized spacial score (nSPS) is 41.1. The highest BCUT2D eigenvalue weighted by atomic mass is 16.5. The molecule has 0 unspecified atom stereocenters. The van der Waals surface area contributed by atoms with Crippen molar-refractivity contribution in [2.24, 2.45) is 0 Å². The van der Waals surface area contributed by atoms with E-state index < -0.39 is 0 Å². The van der Waals surface area contributed by atoms with E-state index in [1.807, 2.05) is 0 Å². The molecule has 0 aromatic carbocycles. The van der Waals surface area contributed by atoms with Crippen LogP contribution in [0.5, 0.6) is 0 Å². The van der Waals surface area contributed by atoms with Gasteiger partial charge >= 0.3 is 0 Å². The molecule has 3 fully saturated rings. The smallest absolute Gasteiger partial charge is 0.0965 e. The van der Waals surface area contributed by atoms with Crippen LogP contribution < -0.4 is 0 Å². The van der Waals surface area contributed by atoms with Crippen molar-refractivity contribution in [3.8, 4) is 0 Å². The molecule has 3 aliphatic heterocycles. The third-order valence-corrected chi connectivity index (χ3v) is 4.68. The van der Waals surface area contributed by atoms with E-state index in [9.17, 15) is 5.11 Å². The van der Waals surface area contributed by atoms with Crippen molar-refractivity contribution in [2.75, 3.05) is 32.9 Å². The third-order valence-electron chi connectivity index (χ3n) is 4.68. The molecule has 0 bridgehead atoms. The Hall–Kier alpha value is -0.160. The fourth-order valence-electron chi connectivity index (χ4n) is 3.54. The number of aliphatic hydroxyl groups is 1. The highest BCUT2D eigenvalue weighted by Gasteiger charge is 2.46. The number of ether oxygens (including phenoxy) is 2. The molecule has 1 spiro atoms. The van der Waals surface area contributed by atoms with Crippen LogP contribution in [-0.4, -0.2) is 60.7 Å². The van der Waals surface area contributed by atoms with Gasteiger partial charge in [-0.3, -0.25) is 4.90 Å². The van der Waals surface area contributed by atoms with Gasteiger partial charge in [-0.1, -0.05) is 0 Å². The number of rotatable bonds is 1. The first-order valence-electron chi connectivity index (χ1n) is 6.94. The van der Waals surface area contributed by atoms with Gasteiger partial charge in [0.15, 0.2) is 0 Å². The molecule has 3 rings (SSSR count). The largest absolute Gasteiger partial charge is 0.389 e. The van der Waals surface area contributed by atoms with Gasteiger partial charge in [-0.15, -0.1) is 0 Å². The molecule has 4 heteroatoms. The maximum absolute atomic E-state index is 10.4. The van der Waals surface area contributed by atoms with Gasteiger partial charge in [0, 0.05) is 39.0 Å². The van der Waals surface area contributed by atoms with Crippen molar-refractivity contribution in [1.29, 1.82) is 0 Å². The van der Waals surface area contributed by atoms with Crippen LogP contribution in [0.1, 0.15) is 32.1 Å². The van der Waals surface area contributed by atoms with E-state index in [-0.39, 0.29) is 11.7 Å². The summed E-state index contributed by atoms with van der Waals surface area (Å²) < 4.78 is 11.2. The zero-order chi connectivity index (χ0) is 11.7. The van der Waals surface area contributed by atoms with E-state index in [4.69, 9.17) is 9.47 Å². The summed E-state index contributed by atoms with van der Waals surface area (Å²) in [7, 11) is 0. The molecule has 0 aromatic heterocycles. The predicted octanol–water partition coefficient (Wildman–Crippen LogP) is 0.781. The molecule has 0 amide bonds. The van der Waals surface area contributed by atoms with Crippen molar-refractivity contribution in [3.05, 3.63) is 0 Å². The molecule has 4 nitrogen and oxygen atoms in total. The maximum atomic E-state index is 10.4. The standard InChI is InChI=1S/C13H23NO3/c15-12-10-14(11-2-8-16-9-3-11)6-5-13(12)4-1-7-17-13/h11-12,15H,1-10H2/t12-,13-/m0/s1. The summed E-state index contributed by atoms with van der Waals surface area (Å²) in [6.45, 7) is 4.43. The summed E-state index contributed by atoms with van der Waals surface area (Å²) in [6, 6.07) is 0.608. The van der Waals surface area contributed by atoms with Crippen molar-refractivity contribution in [2.45, 2.75) is 49.9 Å². The molecule has 3 heterocycles. The molecule has 3 aliphatic rings. The molecular weight excluding hydrogens is 218 g/mol. The molecule has 2 atom stereocenters. The summed E-state index contributed by atoms with van der Waals surface area (Å²) in [5.74, 6) is 0. The van der Waals surface area contributed by atoms with E-state index >= 15 is 0 Å². The van der Waals surface area contributed by atoms with Crippen LogP contribution >= 0.6 is 0 Å². The van der Waals surface area contributed by atoms with Crippen LogP contribution in [0.25, 0.3) is 0 Å². The maximum Gasteiger partial charge on any atom is 0.0965 e. The fraction of sp³-hybridized carbons (Fsp3) is 1.00. The van der Waals surface area contributed by atoms with Crippen LogP contribution in [0.4, 0.5) is 0 Å². The molecular formula is C13H23NO3. The minimum absolute atomic E-state index is 0.207. The van der Waals surface area contributed by atoms with E-state index in [1.54, 1.807) is 0 Å². The molecule has 98 valence electrons. The van der Waals surface area contributed by atoms with Crippen molar-refractivity contribution >= 4 is 0 Å². The van der Waals surface area contributed by atoms with Crippen molar-refractivity contribution < 1.29 is 14.6 Å². The van der Waals surface area contributed by atoms with Gasteiger partial charge in [0.05, 0.1) is 11.7 Å². The first-order chi connectivity index (χ1) is 8.30. The summed E-state index contributed by atoms with van der Waals surface area (Å²) in [4.78, 5) is 2.44. The van der Waals surface area contributed by atoms with Crippen molar-refractivity contribution in [1.82, 2.24) is 4.90 Å². The van der Waals surface area contributed by atoms with Gasteiger partial charge in [0.25, 0.3) is 0 Å². The van der Waals surface area contributed by atoms with E-state index in [1.165, 1.54) is 0 Å². The fourth-order valence-corrected chi connectivity index (χ4v) is 3.54. The van der Waals surface area contributed by atoms with Crippen LogP contribution in [0.15, 0.2) is 0 Å². The van der Waals surface area contributed by atoms with Crippen LogP contribution in [0.3, 0.4) is 0 Å². The lowest BCUT2D eigenvalue weighted by molar-refractivity contribution is -0.138. The Bertz CT molecular complexity index is 259. The van der Waals surface area contributed by atoms with Crippen LogP contribution in [-0.2, 0) is 9.47 Å². The van der Waals surface area contributed by atoms with E-state index in [0.29, 0.717) is 6.04 Å². The monoisotopic (exact) mass is 241 g/mol. The Morgan fingerprint density at radius 1 is 1.12 bits per heavy atom. The zero-order valence-corrected chi connectivity index (χ0v) is 10.4. The van der Waals surface area contributed by atoms with E-state index in [2.05, 4.69) is 4.90 Å². The summed E-state index contributed by atoms with van der Waals surface area (Å²) in [6.07, 6.45) is 5.05. The molecule has 0 radical (unpaired) electrons. The quantitative estimate of drug-likeness (QED) is 0.736. The third kappa shape index (κ3) is 2.24. The summed E-state index contributed by atoms with van der Waals surface area (Å²) >= 11 is 0. The average molecular weight is 241 g/mol. The first kappa shape index (κ1) is 11.9. The number of likely N-dealkylation sites (tertiary alicyclic amines) is 1. The second-order valence-electron chi connectivity index (χ2n) is 5.62. The topological polar surface area (TPSA) is 41.9 Å². The minimum atomic E-state index is -0.304. The highest BCUT2D eigenvalue weighted by molar-refractivity contribution is 4.98. The molecule has 0 aromatic rings. The van der Waals surface area contributed by atoms with Gasteiger partial charge in [-0.2, -0.15) is 0 Å². The Morgan fingerprint density at radius 2 is 1.94 bits per heavy atom. The van der Waals surface area contributed by atoms with Gasteiger partial charge in [-0.05, 0) is 32.1 Å². The molecule has 0 aliphatic carbocycles. The van der Waals surface area contributed by atoms with Crippen LogP contribution in [0, 0.1) is 0 Å². The van der Waals surface area contributed by atoms with Gasteiger partial charge in [0.2, 0.25) is 0 Å². The number of hydrogen-bond donors (Lipinski definition) is 1. The number of aliphatic hydroxyl groups excluding tert-OH is 1. The molecule has 17 heavy (non-hydrogen) atoms. The first-order valence-corrected chi connectivity index (χ1v) is 6.94. The lowest BCUT2D eigenvalue weighted by atomic mass is 9.85. The zero-order valence-electron chi connectivity index (χ0n) is 10.4. The Morgan fingerprint density at radius 3 is 2.59 bits per heavy atom. The minimum Gasteiger partial charge on any atom is -0.389 e. The summed E-state index contributed by atoms with van der Waals surface area (Å²) in [5.41, 5.74) is -0.207. The van der Waals surface area contributed by atoms with Crippen LogP contribution in [0.2, 0.25) is 0 Å². The molecule has 3 saturated heterocycles. The second-order valence-corrected chi connectivity index (χ2v) is 5.62. The molecule has 0 saturated carbocycles. The SMILES string of the molecule is O[C@H]1CN(C2CCOCC2)CC[C@@]12CCCO2. The average Bonchev–Trinajstić information content (AvgIpc) is 2.84. The Balaban J connectivity index is 1.60. The number of piperidine rings is 1. The predicted molar refractivity (Wildman–Crippen MR) is 64.0 cm³/mol. The Kier molecular flexibility index (Phi) is 3.39. The van der Waals surface area contributed by atoms with Gasteiger partial charge in [-0.25, -0.2) is 0 Å². The van der Waals surface area contributed by atoms with Gasteiger partial charge in [0.1, 0.15) is 0 Å². The lowest BCUT2D eigenvalue weighted by Gasteiger charge is -2.46. The number of hydrogen-bond acceptors (Lipinski definition) is 4. The number of nitrogens with zero attached hydrogens (tertiary/aromatic N) is 1. The highest BCUT2D eigenvalue weighted by Crippen LogP contribution is 2.37. The second kappa shape index (κ2) is 4.84. The molecule has 1 N–H and O–H groups in total. The van der Waals surface area contributed by atoms with Gasteiger partial charge < -0.3 is 14.6 Å². The lowest BCUT2D eigenvalue weighted by Crippen LogP contribution is -2.58. The summed E-state index contributed by atoms with van der Waals surface area (Å²) in [5, 5.41) is 10.4.